The van der Waals surface area contributed by atoms with Crippen molar-refractivity contribution in [2.75, 3.05) is 13.7 Å². The molecule has 0 N–H and O–H groups in total. The number of amides is 1. The fraction of sp³-hybridized carbons (Fsp3) is 0.471. The Bertz CT molecular complexity index is 753. The molecule has 23 heavy (non-hydrogen) atoms. The van der Waals surface area contributed by atoms with Crippen molar-refractivity contribution in [3.8, 4) is 0 Å². The van der Waals surface area contributed by atoms with Crippen molar-refractivity contribution >= 4 is 22.8 Å². The molecule has 1 aliphatic heterocycles. The van der Waals surface area contributed by atoms with Gasteiger partial charge in [0, 0.05) is 25.2 Å². The minimum Gasteiger partial charge on any atom is -0.462 e. The number of aromatic nitrogens is 2. The van der Waals surface area contributed by atoms with Gasteiger partial charge >= 0.3 is 11.9 Å². The lowest BCUT2D eigenvalue weighted by Crippen LogP contribution is -2.45. The summed E-state index contributed by atoms with van der Waals surface area (Å²) in [7, 11) is 3.12. The number of rotatable bonds is 1. The molecule has 1 saturated heterocycles. The molecular formula is C17H21N3O3. The zero-order valence-electron chi connectivity index (χ0n) is 13.7. The van der Waals surface area contributed by atoms with Gasteiger partial charge in [-0.1, -0.05) is 19.1 Å². The summed E-state index contributed by atoms with van der Waals surface area (Å²) in [5.41, 5.74) is 1.91. The molecule has 0 bridgehead atoms. The first-order valence-electron chi connectivity index (χ1n) is 7.82. The van der Waals surface area contributed by atoms with E-state index in [2.05, 4.69) is 16.8 Å². The minimum atomic E-state index is -0.803. The van der Waals surface area contributed by atoms with E-state index in [1.165, 1.54) is 7.11 Å². The number of esters is 1. The maximum atomic E-state index is 12.4. The zero-order valence-corrected chi connectivity index (χ0v) is 13.7. The van der Waals surface area contributed by atoms with Crippen molar-refractivity contribution in [1.82, 2.24) is 14.7 Å². The van der Waals surface area contributed by atoms with Crippen molar-refractivity contribution in [1.29, 1.82) is 0 Å². The maximum Gasteiger partial charge on any atom is 0.396 e. The number of methoxy groups -OCH3 is 1. The molecule has 0 aliphatic carbocycles. The number of carbonyl (C=O) groups is 2. The number of nitrogens with zero attached hydrogens (tertiary/aromatic N) is 3. The summed E-state index contributed by atoms with van der Waals surface area (Å²) in [6.45, 7) is 2.66. The third kappa shape index (κ3) is 2.93. The number of hydrogen-bond acceptors (Lipinski definition) is 4. The monoisotopic (exact) mass is 315 g/mol. The lowest BCUT2D eigenvalue weighted by molar-refractivity contribution is -0.160. The Labute approximate surface area is 135 Å². The SMILES string of the molecule is COC(=O)C(=O)N1CC(C)CCC1c1ccc2cn(C)nc2c1. The van der Waals surface area contributed by atoms with Crippen LogP contribution in [0, 0.1) is 5.92 Å². The summed E-state index contributed by atoms with van der Waals surface area (Å²) < 4.78 is 6.39. The number of ether oxygens (including phenoxy) is 1. The summed E-state index contributed by atoms with van der Waals surface area (Å²) in [6.07, 6.45) is 3.82. The van der Waals surface area contributed by atoms with Crippen molar-refractivity contribution in [3.05, 3.63) is 30.0 Å². The molecule has 2 heterocycles. The second-order valence-electron chi connectivity index (χ2n) is 6.27. The first-order chi connectivity index (χ1) is 11.0. The Morgan fingerprint density at radius 2 is 2.09 bits per heavy atom. The molecule has 0 spiro atoms. The number of piperidine rings is 1. The highest BCUT2D eigenvalue weighted by molar-refractivity contribution is 6.32. The van der Waals surface area contributed by atoms with Crippen LogP contribution in [0.4, 0.5) is 0 Å². The number of likely N-dealkylation sites (tertiary alicyclic amines) is 1. The highest BCUT2D eigenvalue weighted by Crippen LogP contribution is 2.34. The number of hydrogen-bond donors (Lipinski definition) is 0. The number of aryl methyl sites for hydroxylation is 1. The van der Waals surface area contributed by atoms with Crippen molar-refractivity contribution in [3.63, 3.8) is 0 Å². The average molecular weight is 315 g/mol. The second kappa shape index (κ2) is 6.02. The highest BCUT2D eigenvalue weighted by Gasteiger charge is 2.34. The molecular weight excluding hydrogens is 294 g/mol. The van der Waals surface area contributed by atoms with E-state index >= 15 is 0 Å². The summed E-state index contributed by atoms with van der Waals surface area (Å²) in [5.74, 6) is -0.994. The smallest absolute Gasteiger partial charge is 0.396 e. The van der Waals surface area contributed by atoms with Gasteiger partial charge in [0.05, 0.1) is 18.7 Å². The van der Waals surface area contributed by atoms with Crippen molar-refractivity contribution in [2.24, 2.45) is 13.0 Å². The van der Waals surface area contributed by atoms with Crippen LogP contribution in [0.1, 0.15) is 31.4 Å². The topological polar surface area (TPSA) is 64.4 Å². The molecule has 6 nitrogen and oxygen atoms in total. The van der Waals surface area contributed by atoms with Gasteiger partial charge in [0.25, 0.3) is 0 Å². The van der Waals surface area contributed by atoms with E-state index in [0.29, 0.717) is 12.5 Å². The molecule has 0 radical (unpaired) electrons. The van der Waals surface area contributed by atoms with Crippen molar-refractivity contribution in [2.45, 2.75) is 25.8 Å². The molecule has 3 rings (SSSR count). The van der Waals surface area contributed by atoms with Crippen LogP contribution in [0.2, 0.25) is 0 Å². The van der Waals surface area contributed by atoms with E-state index in [-0.39, 0.29) is 6.04 Å². The van der Waals surface area contributed by atoms with Gasteiger partial charge in [0.2, 0.25) is 0 Å². The Balaban J connectivity index is 1.95. The predicted molar refractivity (Wildman–Crippen MR) is 85.6 cm³/mol. The Morgan fingerprint density at radius 1 is 1.30 bits per heavy atom. The predicted octanol–water partition coefficient (Wildman–Crippen LogP) is 2.05. The van der Waals surface area contributed by atoms with Gasteiger partial charge in [-0.15, -0.1) is 0 Å². The van der Waals surface area contributed by atoms with E-state index in [4.69, 9.17) is 0 Å². The highest BCUT2D eigenvalue weighted by atomic mass is 16.5. The van der Waals surface area contributed by atoms with E-state index in [0.717, 1.165) is 29.3 Å². The number of benzene rings is 1. The maximum absolute atomic E-state index is 12.4. The van der Waals surface area contributed by atoms with E-state index in [9.17, 15) is 9.59 Å². The Hall–Kier alpha value is -2.37. The van der Waals surface area contributed by atoms with Crippen LogP contribution in [-0.4, -0.2) is 40.2 Å². The molecule has 1 fully saturated rings. The molecule has 2 aromatic rings. The molecule has 1 aromatic heterocycles. The molecule has 1 aliphatic rings. The minimum absolute atomic E-state index is 0.107. The van der Waals surface area contributed by atoms with Crippen LogP contribution in [-0.2, 0) is 21.4 Å². The van der Waals surface area contributed by atoms with Gasteiger partial charge in [0.1, 0.15) is 0 Å². The first-order valence-corrected chi connectivity index (χ1v) is 7.82. The van der Waals surface area contributed by atoms with Gasteiger partial charge in [-0.25, -0.2) is 4.79 Å². The number of fused-ring (bicyclic) bond motifs is 1. The Morgan fingerprint density at radius 3 is 2.83 bits per heavy atom. The third-order valence-electron chi connectivity index (χ3n) is 4.47. The second-order valence-corrected chi connectivity index (χ2v) is 6.27. The van der Waals surface area contributed by atoms with Gasteiger partial charge in [-0.2, -0.15) is 5.10 Å². The lowest BCUT2D eigenvalue weighted by Gasteiger charge is -2.38. The fourth-order valence-electron chi connectivity index (χ4n) is 3.29. The van der Waals surface area contributed by atoms with Crippen LogP contribution in [0.5, 0.6) is 0 Å². The van der Waals surface area contributed by atoms with Crippen LogP contribution in [0.3, 0.4) is 0 Å². The van der Waals surface area contributed by atoms with Gasteiger partial charge in [-0.05, 0) is 30.4 Å². The van der Waals surface area contributed by atoms with Gasteiger partial charge in [-0.3, -0.25) is 9.48 Å². The average Bonchev–Trinajstić information content (AvgIpc) is 2.92. The van der Waals surface area contributed by atoms with Gasteiger partial charge in [0.15, 0.2) is 0 Å². The summed E-state index contributed by atoms with van der Waals surface area (Å²) >= 11 is 0. The van der Waals surface area contributed by atoms with Crippen LogP contribution in [0.25, 0.3) is 10.9 Å². The third-order valence-corrected chi connectivity index (χ3v) is 4.47. The molecule has 1 aromatic carbocycles. The van der Waals surface area contributed by atoms with Crippen molar-refractivity contribution < 1.29 is 14.3 Å². The summed E-state index contributed by atoms with van der Waals surface area (Å²) in [6, 6.07) is 5.93. The number of carbonyl (C=O) groups excluding carboxylic acids is 2. The normalized spacial score (nSPS) is 21.4. The fourth-order valence-corrected chi connectivity index (χ4v) is 3.29. The molecule has 0 saturated carbocycles. The largest absolute Gasteiger partial charge is 0.462 e. The molecule has 1 amide bonds. The zero-order chi connectivity index (χ0) is 16.6. The lowest BCUT2D eigenvalue weighted by atomic mass is 9.89. The van der Waals surface area contributed by atoms with Crippen LogP contribution in [0.15, 0.2) is 24.4 Å². The van der Waals surface area contributed by atoms with E-state index in [1.807, 2.05) is 31.4 Å². The van der Waals surface area contributed by atoms with E-state index < -0.39 is 11.9 Å². The molecule has 2 unspecified atom stereocenters. The standard InChI is InChI=1S/C17H21N3O3/c1-11-4-7-15(20(9-11)16(21)17(22)23-3)12-5-6-13-10-19(2)18-14(13)8-12/h5-6,8,10-11,15H,4,7,9H2,1-3H3. The van der Waals surface area contributed by atoms with E-state index in [1.54, 1.807) is 9.58 Å². The molecule has 6 heteroatoms. The van der Waals surface area contributed by atoms with Crippen LogP contribution >= 0.6 is 0 Å². The first kappa shape index (κ1) is 15.5. The quantitative estimate of drug-likeness (QED) is 0.597. The van der Waals surface area contributed by atoms with Crippen LogP contribution < -0.4 is 0 Å². The molecule has 122 valence electrons. The molecule has 2 atom stereocenters. The Kier molecular flexibility index (Phi) is 4.07. The summed E-state index contributed by atoms with van der Waals surface area (Å²) in [5, 5.41) is 5.49. The van der Waals surface area contributed by atoms with Gasteiger partial charge < -0.3 is 9.64 Å². The summed E-state index contributed by atoms with van der Waals surface area (Å²) in [4.78, 5) is 25.7.